The molecule has 1 atom stereocenters. The van der Waals surface area contributed by atoms with E-state index in [2.05, 4.69) is 12.2 Å². The van der Waals surface area contributed by atoms with Crippen LogP contribution < -0.4 is 10.2 Å². The van der Waals surface area contributed by atoms with Crippen molar-refractivity contribution in [2.24, 2.45) is 0 Å². The van der Waals surface area contributed by atoms with Crippen LogP contribution in [-0.2, 0) is 17.4 Å². The molecule has 1 N–H and O–H groups in total. The lowest BCUT2D eigenvalue weighted by atomic mass is 10.1. The average Bonchev–Trinajstić information content (AvgIpc) is 3.20. The summed E-state index contributed by atoms with van der Waals surface area (Å²) < 4.78 is 38.1. The first kappa shape index (κ1) is 22.9. The number of benzene rings is 3. The van der Waals surface area contributed by atoms with Crippen molar-refractivity contribution in [3.05, 3.63) is 95.1 Å². The highest BCUT2D eigenvalue weighted by Gasteiger charge is 2.34. The van der Waals surface area contributed by atoms with Crippen LogP contribution in [0.25, 0.3) is 0 Å². The lowest BCUT2D eigenvalue weighted by Gasteiger charge is -2.24. The van der Waals surface area contributed by atoms with E-state index in [1.54, 1.807) is 17.0 Å². The topological polar surface area (TPSA) is 49.4 Å². The Bertz CT molecular complexity index is 1140. The molecule has 0 saturated carbocycles. The van der Waals surface area contributed by atoms with E-state index >= 15 is 0 Å². The number of aryl methyl sites for hydroxylation is 1. The minimum Gasteiger partial charge on any atom is -0.322 e. The van der Waals surface area contributed by atoms with Gasteiger partial charge in [-0.05, 0) is 66.1 Å². The van der Waals surface area contributed by atoms with Crippen molar-refractivity contribution in [3.8, 4) is 0 Å². The molecule has 1 fully saturated rings. The number of carbonyl (C=O) groups is 2. The predicted molar refractivity (Wildman–Crippen MR) is 124 cm³/mol. The van der Waals surface area contributed by atoms with Crippen LogP contribution in [0.1, 0.15) is 39.3 Å². The Balaban J connectivity index is 1.47. The largest absolute Gasteiger partial charge is 0.416 e. The molecule has 170 valence electrons. The summed E-state index contributed by atoms with van der Waals surface area (Å²) >= 11 is 1.53. The van der Waals surface area contributed by atoms with Crippen LogP contribution in [0.3, 0.4) is 0 Å². The minimum atomic E-state index is -4.45. The van der Waals surface area contributed by atoms with E-state index in [1.807, 2.05) is 36.4 Å². The van der Waals surface area contributed by atoms with Gasteiger partial charge in [0.05, 0.1) is 11.3 Å². The number of anilines is 2. The van der Waals surface area contributed by atoms with Gasteiger partial charge in [0.15, 0.2) is 0 Å². The third-order valence-corrected chi connectivity index (χ3v) is 6.63. The van der Waals surface area contributed by atoms with Crippen molar-refractivity contribution < 1.29 is 22.8 Å². The molecule has 2 amide bonds. The molecule has 1 aliphatic rings. The molecule has 0 aromatic heterocycles. The zero-order valence-electron chi connectivity index (χ0n) is 17.7. The summed E-state index contributed by atoms with van der Waals surface area (Å²) in [4.78, 5) is 26.7. The lowest BCUT2D eigenvalue weighted by molar-refractivity contribution is -0.137. The van der Waals surface area contributed by atoms with Crippen molar-refractivity contribution in [2.45, 2.75) is 24.9 Å². The highest BCUT2D eigenvalue weighted by atomic mass is 32.2. The average molecular weight is 471 g/mol. The number of alkyl halides is 3. The molecule has 3 aromatic rings. The number of nitrogens with one attached hydrogen (secondary N) is 1. The second-order valence-electron chi connectivity index (χ2n) is 7.60. The van der Waals surface area contributed by atoms with Crippen molar-refractivity contribution in [1.82, 2.24) is 0 Å². The zero-order chi connectivity index (χ0) is 23.6. The van der Waals surface area contributed by atoms with Gasteiger partial charge >= 0.3 is 6.18 Å². The summed E-state index contributed by atoms with van der Waals surface area (Å²) in [5, 5.41) is 2.51. The van der Waals surface area contributed by atoms with Crippen LogP contribution in [0.2, 0.25) is 0 Å². The van der Waals surface area contributed by atoms with E-state index in [0.717, 1.165) is 41.9 Å². The highest BCUT2D eigenvalue weighted by Crippen LogP contribution is 2.42. The van der Waals surface area contributed by atoms with E-state index in [1.165, 1.54) is 17.3 Å². The van der Waals surface area contributed by atoms with E-state index < -0.39 is 17.6 Å². The number of hydrogen-bond donors (Lipinski definition) is 1. The fourth-order valence-electron chi connectivity index (χ4n) is 3.59. The van der Waals surface area contributed by atoms with Gasteiger partial charge in [-0.15, -0.1) is 11.8 Å². The normalized spacial score (nSPS) is 16.2. The maximum absolute atomic E-state index is 12.7. The Kier molecular flexibility index (Phi) is 6.47. The number of halogens is 3. The summed E-state index contributed by atoms with van der Waals surface area (Å²) in [6.45, 7) is 2.08. The third-order valence-electron chi connectivity index (χ3n) is 5.42. The van der Waals surface area contributed by atoms with E-state index in [-0.39, 0.29) is 16.8 Å². The maximum Gasteiger partial charge on any atom is 0.416 e. The van der Waals surface area contributed by atoms with Crippen LogP contribution in [0.5, 0.6) is 0 Å². The van der Waals surface area contributed by atoms with Crippen molar-refractivity contribution in [3.63, 3.8) is 0 Å². The van der Waals surface area contributed by atoms with Gasteiger partial charge in [0.1, 0.15) is 5.37 Å². The van der Waals surface area contributed by atoms with Crippen LogP contribution in [-0.4, -0.2) is 17.6 Å². The smallest absolute Gasteiger partial charge is 0.322 e. The Morgan fingerprint density at radius 2 is 1.64 bits per heavy atom. The van der Waals surface area contributed by atoms with Crippen molar-refractivity contribution >= 4 is 35.0 Å². The quantitative estimate of drug-likeness (QED) is 0.476. The number of rotatable bonds is 5. The molecule has 8 heteroatoms. The molecular weight excluding hydrogens is 449 g/mol. The fourth-order valence-corrected chi connectivity index (χ4v) is 4.76. The van der Waals surface area contributed by atoms with Crippen LogP contribution in [0, 0.1) is 0 Å². The van der Waals surface area contributed by atoms with Gasteiger partial charge in [-0.2, -0.15) is 13.2 Å². The van der Waals surface area contributed by atoms with Gasteiger partial charge < -0.3 is 5.32 Å². The predicted octanol–water partition coefficient (Wildman–Crippen LogP) is 6.30. The van der Waals surface area contributed by atoms with E-state index in [9.17, 15) is 22.8 Å². The standard InChI is InChI=1S/C25H21F3N2O2S/c1-2-16-3-13-21(14-4-16)30-22(31)15-33-24(30)18-7-11-20(12-8-18)29-23(32)17-5-9-19(10-6-17)25(26,27)28/h3-14,24H,2,15H2,1H3,(H,29,32). The molecular formula is C25H21F3N2O2S. The Morgan fingerprint density at radius 3 is 2.21 bits per heavy atom. The lowest BCUT2D eigenvalue weighted by Crippen LogP contribution is -2.27. The molecule has 1 heterocycles. The number of nitrogens with zero attached hydrogens (tertiary/aromatic N) is 1. The van der Waals surface area contributed by atoms with Gasteiger partial charge in [-0.3, -0.25) is 14.5 Å². The number of hydrogen-bond acceptors (Lipinski definition) is 3. The third kappa shape index (κ3) is 5.06. The molecule has 1 unspecified atom stereocenters. The Labute approximate surface area is 193 Å². The van der Waals surface area contributed by atoms with E-state index in [0.29, 0.717) is 11.4 Å². The molecule has 1 saturated heterocycles. The Hall–Kier alpha value is -3.26. The van der Waals surface area contributed by atoms with E-state index in [4.69, 9.17) is 0 Å². The SMILES string of the molecule is CCc1ccc(N2C(=O)CSC2c2ccc(NC(=O)c3ccc(C(F)(F)F)cc3)cc2)cc1. The summed E-state index contributed by atoms with van der Waals surface area (Å²) in [6.07, 6.45) is -3.53. The van der Waals surface area contributed by atoms with Crippen LogP contribution >= 0.6 is 11.8 Å². The molecule has 0 spiro atoms. The van der Waals surface area contributed by atoms with Gasteiger partial charge in [0.25, 0.3) is 5.91 Å². The summed E-state index contributed by atoms with van der Waals surface area (Å²) in [5.41, 5.74) is 2.79. The Morgan fingerprint density at radius 1 is 1.00 bits per heavy atom. The first-order valence-electron chi connectivity index (χ1n) is 10.4. The molecule has 0 bridgehead atoms. The van der Waals surface area contributed by atoms with Crippen LogP contribution in [0.4, 0.5) is 24.5 Å². The summed E-state index contributed by atoms with van der Waals surface area (Å²) in [6, 6.07) is 19.1. The molecule has 4 nitrogen and oxygen atoms in total. The fraction of sp³-hybridized carbons (Fsp3) is 0.200. The second-order valence-corrected chi connectivity index (χ2v) is 8.67. The first-order valence-corrected chi connectivity index (χ1v) is 11.4. The molecule has 0 aliphatic carbocycles. The molecule has 1 aliphatic heterocycles. The number of amides is 2. The molecule has 33 heavy (non-hydrogen) atoms. The van der Waals surface area contributed by atoms with Crippen molar-refractivity contribution in [2.75, 3.05) is 16.0 Å². The summed E-state index contributed by atoms with van der Waals surface area (Å²) in [5.74, 6) is -0.0828. The highest BCUT2D eigenvalue weighted by molar-refractivity contribution is 8.00. The number of thioether (sulfide) groups is 1. The van der Waals surface area contributed by atoms with Crippen molar-refractivity contribution in [1.29, 1.82) is 0 Å². The maximum atomic E-state index is 12.7. The molecule has 0 radical (unpaired) electrons. The zero-order valence-corrected chi connectivity index (χ0v) is 18.5. The van der Waals surface area contributed by atoms with Gasteiger partial charge in [-0.25, -0.2) is 0 Å². The minimum absolute atomic E-state index is 0.0360. The molecule has 4 rings (SSSR count). The van der Waals surface area contributed by atoms with Gasteiger partial charge in [0.2, 0.25) is 5.91 Å². The monoisotopic (exact) mass is 470 g/mol. The summed E-state index contributed by atoms with van der Waals surface area (Å²) in [7, 11) is 0. The number of carbonyl (C=O) groups excluding carboxylic acids is 2. The van der Waals surface area contributed by atoms with Gasteiger partial charge in [-0.1, -0.05) is 31.2 Å². The molecule has 3 aromatic carbocycles. The van der Waals surface area contributed by atoms with Gasteiger partial charge in [0, 0.05) is 16.9 Å². The van der Waals surface area contributed by atoms with Crippen LogP contribution in [0.15, 0.2) is 72.8 Å². The first-order chi connectivity index (χ1) is 15.8. The second kappa shape index (κ2) is 9.31.